The van der Waals surface area contributed by atoms with Crippen molar-refractivity contribution in [2.75, 3.05) is 0 Å². The maximum absolute atomic E-state index is 2.41. The Balaban J connectivity index is 1.26. The van der Waals surface area contributed by atoms with Crippen LogP contribution in [0, 0.1) is 0 Å². The standard InChI is InChI=1S/C44H29N/c1-3-13-30(14-4-1)33-25-28-36-35-17-11-12-22-41(35)45(42(36)29-33)34-26-23-32(24-27-34)44-39-20-9-7-18-37(39)43(31-15-5-2-6-16-31)38-19-8-10-21-40(38)44/h1-29H. The molecule has 0 radical (unpaired) electrons. The van der Waals surface area contributed by atoms with E-state index in [4.69, 9.17) is 0 Å². The van der Waals surface area contributed by atoms with Crippen molar-refractivity contribution in [3.05, 3.63) is 176 Å². The summed E-state index contributed by atoms with van der Waals surface area (Å²) in [5.74, 6) is 0. The van der Waals surface area contributed by atoms with Crippen LogP contribution in [0.25, 0.3) is 82.4 Å². The molecular weight excluding hydrogens is 542 g/mol. The summed E-state index contributed by atoms with van der Waals surface area (Å²) in [6, 6.07) is 63.9. The zero-order chi connectivity index (χ0) is 29.7. The Hall–Kier alpha value is -5.92. The summed E-state index contributed by atoms with van der Waals surface area (Å²) in [4.78, 5) is 0. The third-order valence-electron chi connectivity index (χ3n) is 9.19. The zero-order valence-corrected chi connectivity index (χ0v) is 24.7. The highest BCUT2D eigenvalue weighted by Crippen LogP contribution is 2.44. The van der Waals surface area contributed by atoms with Crippen LogP contribution in [0.15, 0.2) is 176 Å². The molecule has 1 aromatic heterocycles. The van der Waals surface area contributed by atoms with Gasteiger partial charge in [-0.15, -0.1) is 0 Å². The number of benzene rings is 8. The lowest BCUT2D eigenvalue weighted by Gasteiger charge is -2.18. The van der Waals surface area contributed by atoms with Gasteiger partial charge in [-0.1, -0.05) is 152 Å². The largest absolute Gasteiger partial charge is 0.309 e. The fourth-order valence-electron chi connectivity index (χ4n) is 7.19. The summed E-state index contributed by atoms with van der Waals surface area (Å²) >= 11 is 0. The molecule has 9 aromatic rings. The highest BCUT2D eigenvalue weighted by molar-refractivity contribution is 6.21. The molecule has 0 saturated heterocycles. The lowest BCUT2D eigenvalue weighted by atomic mass is 9.86. The van der Waals surface area contributed by atoms with Crippen molar-refractivity contribution in [3.63, 3.8) is 0 Å². The molecule has 1 heteroatoms. The molecule has 45 heavy (non-hydrogen) atoms. The van der Waals surface area contributed by atoms with E-state index in [0.29, 0.717) is 0 Å². The van der Waals surface area contributed by atoms with E-state index in [1.807, 2.05) is 0 Å². The molecule has 1 nitrogen and oxygen atoms in total. The average Bonchev–Trinajstić information content (AvgIpc) is 3.45. The van der Waals surface area contributed by atoms with Crippen LogP contribution in [0.1, 0.15) is 0 Å². The van der Waals surface area contributed by atoms with Crippen molar-refractivity contribution in [2.24, 2.45) is 0 Å². The molecule has 0 bridgehead atoms. The molecule has 0 aliphatic carbocycles. The quantitative estimate of drug-likeness (QED) is 0.185. The van der Waals surface area contributed by atoms with E-state index in [2.05, 4.69) is 180 Å². The van der Waals surface area contributed by atoms with Crippen molar-refractivity contribution in [1.29, 1.82) is 0 Å². The SMILES string of the molecule is c1ccc(-c2ccc3c4ccccc4n(-c4ccc(-c5c6ccccc6c(-c6ccccc6)c6ccccc56)cc4)c3c2)cc1. The molecule has 8 aromatic carbocycles. The first-order valence-corrected chi connectivity index (χ1v) is 15.5. The van der Waals surface area contributed by atoms with Gasteiger partial charge in [0, 0.05) is 16.5 Å². The lowest BCUT2D eigenvalue weighted by Crippen LogP contribution is -1.95. The molecule has 0 amide bonds. The summed E-state index contributed by atoms with van der Waals surface area (Å²) in [5.41, 5.74) is 11.1. The van der Waals surface area contributed by atoms with Crippen LogP contribution in [0.2, 0.25) is 0 Å². The number of hydrogen-bond donors (Lipinski definition) is 0. The molecule has 9 rings (SSSR count). The maximum atomic E-state index is 2.41. The molecule has 1 heterocycles. The van der Waals surface area contributed by atoms with Crippen molar-refractivity contribution in [1.82, 2.24) is 4.57 Å². The fraction of sp³-hybridized carbons (Fsp3) is 0. The summed E-state index contributed by atoms with van der Waals surface area (Å²) in [5, 5.41) is 7.63. The zero-order valence-electron chi connectivity index (χ0n) is 24.7. The minimum absolute atomic E-state index is 1.16. The van der Waals surface area contributed by atoms with E-state index < -0.39 is 0 Å². The van der Waals surface area contributed by atoms with Gasteiger partial charge in [0.2, 0.25) is 0 Å². The van der Waals surface area contributed by atoms with E-state index in [9.17, 15) is 0 Å². The Labute approximate surface area is 262 Å². The maximum Gasteiger partial charge on any atom is 0.0547 e. The van der Waals surface area contributed by atoms with E-state index >= 15 is 0 Å². The van der Waals surface area contributed by atoms with E-state index in [0.717, 1.165) is 5.69 Å². The minimum atomic E-state index is 1.16. The molecule has 0 unspecified atom stereocenters. The Kier molecular flexibility index (Phi) is 5.89. The number of aromatic nitrogens is 1. The van der Waals surface area contributed by atoms with E-state index in [1.54, 1.807) is 0 Å². The van der Waals surface area contributed by atoms with Gasteiger partial charge in [0.05, 0.1) is 11.0 Å². The number of nitrogens with zero attached hydrogens (tertiary/aromatic N) is 1. The van der Waals surface area contributed by atoms with Crippen molar-refractivity contribution >= 4 is 43.4 Å². The lowest BCUT2D eigenvalue weighted by molar-refractivity contribution is 1.18. The second-order valence-electron chi connectivity index (χ2n) is 11.7. The van der Waals surface area contributed by atoms with E-state index in [1.165, 1.54) is 76.7 Å². The highest BCUT2D eigenvalue weighted by Gasteiger charge is 2.17. The first-order valence-electron chi connectivity index (χ1n) is 15.5. The van der Waals surface area contributed by atoms with Crippen molar-refractivity contribution < 1.29 is 0 Å². The molecule has 0 saturated carbocycles. The van der Waals surface area contributed by atoms with Gasteiger partial charge in [0.1, 0.15) is 0 Å². The summed E-state index contributed by atoms with van der Waals surface area (Å²) in [6.45, 7) is 0. The second kappa shape index (κ2) is 10.4. The first kappa shape index (κ1) is 25.6. The monoisotopic (exact) mass is 571 g/mol. The van der Waals surface area contributed by atoms with Crippen LogP contribution in [-0.2, 0) is 0 Å². The van der Waals surface area contributed by atoms with Gasteiger partial charge >= 0.3 is 0 Å². The predicted octanol–water partition coefficient (Wildman–Crippen LogP) is 12.1. The van der Waals surface area contributed by atoms with Gasteiger partial charge in [0.15, 0.2) is 0 Å². The number of rotatable bonds is 4. The van der Waals surface area contributed by atoms with Crippen LogP contribution in [-0.4, -0.2) is 4.57 Å². The van der Waals surface area contributed by atoms with Crippen LogP contribution in [0.5, 0.6) is 0 Å². The molecule has 0 atom stereocenters. The first-order chi connectivity index (χ1) is 22.3. The van der Waals surface area contributed by atoms with Gasteiger partial charge in [-0.2, -0.15) is 0 Å². The van der Waals surface area contributed by atoms with Crippen LogP contribution >= 0.6 is 0 Å². The molecule has 0 fully saturated rings. The third kappa shape index (κ3) is 4.09. The van der Waals surface area contributed by atoms with Crippen LogP contribution < -0.4 is 0 Å². The van der Waals surface area contributed by atoms with Gasteiger partial charge in [-0.05, 0) is 79.2 Å². The summed E-state index contributed by atoms with van der Waals surface area (Å²) in [7, 11) is 0. The van der Waals surface area contributed by atoms with Crippen molar-refractivity contribution in [2.45, 2.75) is 0 Å². The summed E-state index contributed by atoms with van der Waals surface area (Å²) in [6.07, 6.45) is 0. The number of para-hydroxylation sites is 1. The number of hydrogen-bond acceptors (Lipinski definition) is 0. The van der Waals surface area contributed by atoms with Gasteiger partial charge < -0.3 is 4.57 Å². The Morgan fingerprint density at radius 3 is 1.27 bits per heavy atom. The Bertz CT molecular complexity index is 2450. The van der Waals surface area contributed by atoms with Crippen LogP contribution in [0.4, 0.5) is 0 Å². The summed E-state index contributed by atoms with van der Waals surface area (Å²) < 4.78 is 2.41. The molecule has 210 valence electrons. The molecule has 0 aliphatic heterocycles. The highest BCUT2D eigenvalue weighted by atomic mass is 15.0. The van der Waals surface area contributed by atoms with Gasteiger partial charge in [-0.25, -0.2) is 0 Å². The molecule has 0 aliphatic rings. The Morgan fingerprint density at radius 1 is 0.267 bits per heavy atom. The van der Waals surface area contributed by atoms with Crippen molar-refractivity contribution in [3.8, 4) is 39.1 Å². The third-order valence-corrected chi connectivity index (χ3v) is 9.19. The molecule has 0 spiro atoms. The van der Waals surface area contributed by atoms with Gasteiger partial charge in [-0.3, -0.25) is 0 Å². The second-order valence-corrected chi connectivity index (χ2v) is 11.7. The normalized spacial score (nSPS) is 11.6. The van der Waals surface area contributed by atoms with Gasteiger partial charge in [0.25, 0.3) is 0 Å². The van der Waals surface area contributed by atoms with E-state index in [-0.39, 0.29) is 0 Å². The number of fused-ring (bicyclic) bond motifs is 5. The fourth-order valence-corrected chi connectivity index (χ4v) is 7.19. The molecular formula is C44H29N. The topological polar surface area (TPSA) is 4.93 Å². The predicted molar refractivity (Wildman–Crippen MR) is 192 cm³/mol. The Morgan fingerprint density at radius 2 is 0.689 bits per heavy atom. The smallest absolute Gasteiger partial charge is 0.0547 e. The average molecular weight is 572 g/mol. The minimum Gasteiger partial charge on any atom is -0.309 e. The van der Waals surface area contributed by atoms with Crippen LogP contribution in [0.3, 0.4) is 0 Å². The molecule has 0 N–H and O–H groups in total.